The van der Waals surface area contributed by atoms with E-state index in [4.69, 9.17) is 5.11 Å². The monoisotopic (exact) mass is 686 g/mol. The van der Waals surface area contributed by atoms with Crippen LogP contribution in [0, 0.1) is 17.8 Å². The Hall–Kier alpha value is -3.89. The van der Waals surface area contributed by atoms with Crippen LogP contribution in [-0.4, -0.2) is 111 Å². The largest absolute Gasteiger partial charge is 0.481 e. The van der Waals surface area contributed by atoms with Crippen LogP contribution in [0.25, 0.3) is 0 Å². The van der Waals surface area contributed by atoms with Crippen molar-refractivity contribution < 1.29 is 48.6 Å². The number of thiol groups is 1. The van der Waals surface area contributed by atoms with E-state index in [1.165, 1.54) is 4.90 Å². The Labute approximate surface area is 280 Å². The minimum absolute atomic E-state index is 0.144. The molecule has 0 aliphatic carbocycles. The predicted molar refractivity (Wildman–Crippen MR) is 173 cm³/mol. The van der Waals surface area contributed by atoms with Crippen LogP contribution in [0.5, 0.6) is 0 Å². The van der Waals surface area contributed by atoms with E-state index in [0.29, 0.717) is 19.3 Å². The Bertz CT molecular complexity index is 1170. The zero-order valence-corrected chi connectivity index (χ0v) is 28.9. The van der Waals surface area contributed by atoms with Gasteiger partial charge >= 0.3 is 11.9 Å². The standard InChI is InChI=1S/C30H50N6O10S/c1-8-16(6)24(35-27(42)22(14(2)3)33-25(40)18(12-21(38)39)31-17(7)37)28(43)34-23(15(4)5)29(44)36-11-9-10-20(36)26(41)32-19(13-47)30(45)46/h14-16,18-20,22-24,47H,8-13H2,1-7H3,(H,31,37)(H,32,41)(H,33,40)(H,34,43)(H,35,42)(H,38,39)(H,45,46)/t16?,18?,19?,20?,22-,23?,24?/m1/s1. The quantitative estimate of drug-likeness (QED) is 0.0841. The first kappa shape index (κ1) is 41.1. The van der Waals surface area contributed by atoms with Gasteiger partial charge < -0.3 is 41.7 Å². The summed E-state index contributed by atoms with van der Waals surface area (Å²) in [6.07, 6.45) is 0.531. The van der Waals surface area contributed by atoms with Crippen molar-refractivity contribution in [2.24, 2.45) is 17.8 Å². The number of amides is 6. The minimum atomic E-state index is -1.44. The van der Waals surface area contributed by atoms with Crippen molar-refractivity contribution >= 4 is 60.0 Å². The van der Waals surface area contributed by atoms with Gasteiger partial charge in [-0.05, 0) is 30.6 Å². The zero-order valence-electron chi connectivity index (χ0n) is 28.0. The number of likely N-dealkylation sites (tertiary alicyclic amines) is 1. The zero-order chi connectivity index (χ0) is 36.2. The van der Waals surface area contributed by atoms with Crippen molar-refractivity contribution in [2.45, 2.75) is 110 Å². The number of nitrogens with one attached hydrogen (secondary N) is 5. The first-order chi connectivity index (χ1) is 21.9. The molecular formula is C30H50N6O10S. The number of carboxylic acid groups (broad SMARTS) is 2. The van der Waals surface area contributed by atoms with Crippen molar-refractivity contribution in [1.29, 1.82) is 0 Å². The Kier molecular flexibility index (Phi) is 16.7. The van der Waals surface area contributed by atoms with Crippen LogP contribution >= 0.6 is 12.6 Å². The summed E-state index contributed by atoms with van der Waals surface area (Å²) in [6, 6.07) is -7.05. The summed E-state index contributed by atoms with van der Waals surface area (Å²) >= 11 is 3.96. The molecule has 17 heteroatoms. The molecule has 1 saturated heterocycles. The smallest absolute Gasteiger partial charge is 0.327 e. The molecule has 0 aromatic rings. The predicted octanol–water partition coefficient (Wildman–Crippen LogP) is -0.731. The van der Waals surface area contributed by atoms with Crippen molar-refractivity contribution in [1.82, 2.24) is 31.5 Å². The molecule has 1 rings (SSSR count). The maximum Gasteiger partial charge on any atom is 0.327 e. The van der Waals surface area contributed by atoms with Crippen LogP contribution in [0.2, 0.25) is 0 Å². The molecule has 7 N–H and O–H groups in total. The fraction of sp³-hybridized carbons (Fsp3) is 0.733. The number of aliphatic carboxylic acids is 2. The molecule has 266 valence electrons. The Balaban J connectivity index is 3.19. The normalized spacial score (nSPS) is 18.3. The van der Waals surface area contributed by atoms with Gasteiger partial charge in [0.2, 0.25) is 35.4 Å². The molecule has 0 aromatic carbocycles. The maximum absolute atomic E-state index is 13.7. The van der Waals surface area contributed by atoms with Gasteiger partial charge in [-0.2, -0.15) is 12.6 Å². The molecule has 0 bridgehead atoms. The molecule has 0 radical (unpaired) electrons. The highest BCUT2D eigenvalue weighted by Gasteiger charge is 2.41. The van der Waals surface area contributed by atoms with Gasteiger partial charge in [0, 0.05) is 19.2 Å². The van der Waals surface area contributed by atoms with Gasteiger partial charge in [-0.1, -0.05) is 48.0 Å². The van der Waals surface area contributed by atoms with Crippen molar-refractivity contribution in [3.8, 4) is 0 Å². The maximum atomic E-state index is 13.7. The van der Waals surface area contributed by atoms with Gasteiger partial charge in [-0.15, -0.1) is 0 Å². The molecule has 16 nitrogen and oxygen atoms in total. The van der Waals surface area contributed by atoms with E-state index in [9.17, 15) is 43.5 Å². The third-order valence-electron chi connectivity index (χ3n) is 7.98. The lowest BCUT2D eigenvalue weighted by molar-refractivity contribution is -0.145. The second-order valence-corrected chi connectivity index (χ2v) is 12.8. The molecular weight excluding hydrogens is 636 g/mol. The van der Waals surface area contributed by atoms with Gasteiger partial charge in [0.15, 0.2) is 0 Å². The number of hydrogen-bond donors (Lipinski definition) is 8. The van der Waals surface area contributed by atoms with E-state index in [1.54, 1.807) is 41.5 Å². The first-order valence-corrected chi connectivity index (χ1v) is 16.3. The number of hydrogen-bond acceptors (Lipinski definition) is 9. The summed E-state index contributed by atoms with van der Waals surface area (Å²) in [5.74, 6) is -8.21. The summed E-state index contributed by atoms with van der Waals surface area (Å²) in [5, 5.41) is 31.0. The van der Waals surface area contributed by atoms with Crippen LogP contribution in [0.3, 0.4) is 0 Å². The average Bonchev–Trinajstić information content (AvgIpc) is 3.48. The fourth-order valence-electron chi connectivity index (χ4n) is 5.05. The molecule has 6 unspecified atom stereocenters. The lowest BCUT2D eigenvalue weighted by atomic mass is 9.95. The van der Waals surface area contributed by atoms with Crippen LogP contribution < -0.4 is 26.6 Å². The molecule has 47 heavy (non-hydrogen) atoms. The summed E-state index contributed by atoms with van der Waals surface area (Å²) in [4.78, 5) is 102. The van der Waals surface area contributed by atoms with Crippen LogP contribution in [0.15, 0.2) is 0 Å². The molecule has 0 spiro atoms. The second-order valence-electron chi connectivity index (χ2n) is 12.5. The molecule has 1 aliphatic heterocycles. The molecule has 1 heterocycles. The number of carbonyl (C=O) groups is 8. The second kappa shape index (κ2) is 19.1. The molecule has 1 fully saturated rings. The molecule has 7 atom stereocenters. The van der Waals surface area contributed by atoms with Gasteiger partial charge in [-0.3, -0.25) is 33.6 Å². The summed E-state index contributed by atoms with van der Waals surface area (Å²) in [7, 11) is 0. The summed E-state index contributed by atoms with van der Waals surface area (Å²) in [6.45, 7) is 11.6. The Morgan fingerprint density at radius 2 is 1.30 bits per heavy atom. The lowest BCUT2D eigenvalue weighted by Gasteiger charge is -2.33. The van der Waals surface area contributed by atoms with E-state index in [0.717, 1.165) is 6.92 Å². The fourth-order valence-corrected chi connectivity index (χ4v) is 5.30. The number of carbonyl (C=O) groups excluding carboxylic acids is 6. The summed E-state index contributed by atoms with van der Waals surface area (Å²) in [5.41, 5.74) is 0. The highest BCUT2D eigenvalue weighted by molar-refractivity contribution is 7.80. The lowest BCUT2D eigenvalue weighted by Crippen LogP contribution is -2.62. The SMILES string of the molecule is CCC(C)C(NC(=O)[C@H](NC(=O)C(CC(=O)O)NC(C)=O)C(C)C)C(=O)NC(C(=O)N1CCCC1C(=O)NC(CS)C(=O)O)C(C)C. The van der Waals surface area contributed by atoms with Gasteiger partial charge in [0.25, 0.3) is 0 Å². The summed E-state index contributed by atoms with van der Waals surface area (Å²) < 4.78 is 0. The molecule has 6 amide bonds. The number of nitrogens with zero attached hydrogens (tertiary/aromatic N) is 1. The van der Waals surface area contributed by atoms with E-state index in [-0.39, 0.29) is 12.3 Å². The Morgan fingerprint density at radius 3 is 1.77 bits per heavy atom. The van der Waals surface area contributed by atoms with E-state index >= 15 is 0 Å². The third-order valence-corrected chi connectivity index (χ3v) is 8.34. The average molecular weight is 687 g/mol. The van der Waals surface area contributed by atoms with Gasteiger partial charge in [0.05, 0.1) is 6.42 Å². The van der Waals surface area contributed by atoms with Gasteiger partial charge in [-0.25, -0.2) is 4.79 Å². The van der Waals surface area contributed by atoms with E-state index in [2.05, 4.69) is 39.2 Å². The van der Waals surface area contributed by atoms with Gasteiger partial charge in [0.1, 0.15) is 36.3 Å². The number of rotatable bonds is 18. The topological polar surface area (TPSA) is 240 Å². The highest BCUT2D eigenvalue weighted by atomic mass is 32.1. The molecule has 0 saturated carbocycles. The minimum Gasteiger partial charge on any atom is -0.481 e. The molecule has 0 aromatic heterocycles. The Morgan fingerprint density at radius 1 is 0.766 bits per heavy atom. The van der Waals surface area contributed by atoms with Crippen molar-refractivity contribution in [3.05, 3.63) is 0 Å². The third kappa shape index (κ3) is 12.3. The van der Waals surface area contributed by atoms with Crippen LogP contribution in [-0.2, 0) is 38.4 Å². The molecule has 1 aliphatic rings. The van der Waals surface area contributed by atoms with Crippen LogP contribution in [0.1, 0.15) is 74.1 Å². The van der Waals surface area contributed by atoms with Crippen molar-refractivity contribution in [3.63, 3.8) is 0 Å². The van der Waals surface area contributed by atoms with Crippen LogP contribution in [0.4, 0.5) is 0 Å². The van der Waals surface area contributed by atoms with Crippen molar-refractivity contribution in [2.75, 3.05) is 12.3 Å². The van der Waals surface area contributed by atoms with E-state index < -0.39 is 108 Å². The van der Waals surface area contributed by atoms with E-state index in [1.807, 2.05) is 0 Å². The highest BCUT2D eigenvalue weighted by Crippen LogP contribution is 2.21. The number of carboxylic acids is 2. The first-order valence-electron chi connectivity index (χ1n) is 15.7.